The van der Waals surface area contributed by atoms with E-state index in [0.717, 1.165) is 42.5 Å². The molecule has 0 spiro atoms. The first-order valence-electron chi connectivity index (χ1n) is 30.4. The second kappa shape index (κ2) is 29.8. The third kappa shape index (κ3) is 15.9. The van der Waals surface area contributed by atoms with E-state index < -0.39 is 71.2 Å². The summed E-state index contributed by atoms with van der Waals surface area (Å²) in [5, 5.41) is 21.3. The van der Waals surface area contributed by atoms with Crippen LogP contribution in [0.25, 0.3) is 84.1 Å². The molecule has 0 radical (unpaired) electrons. The number of imidazole rings is 3. The van der Waals surface area contributed by atoms with Gasteiger partial charge in [-0.05, 0) is 142 Å². The molecule has 526 valence electrons. The van der Waals surface area contributed by atoms with Gasteiger partial charge in [0.25, 0.3) is 5.91 Å². The van der Waals surface area contributed by atoms with Crippen LogP contribution in [0.5, 0.6) is 11.5 Å². The number of hydrogen-bond acceptors (Lipinski definition) is 12. The molecule has 18 nitrogen and oxygen atoms in total. The summed E-state index contributed by atoms with van der Waals surface area (Å²) in [6.07, 6.45) is 4.88. The van der Waals surface area contributed by atoms with Crippen molar-refractivity contribution in [1.82, 2.24) is 43.1 Å². The molecule has 0 saturated heterocycles. The van der Waals surface area contributed by atoms with Crippen LogP contribution in [0.1, 0.15) is 48.2 Å². The molecule has 0 unspecified atom stereocenters. The van der Waals surface area contributed by atoms with Crippen LogP contribution in [-0.2, 0) is 0 Å². The summed E-state index contributed by atoms with van der Waals surface area (Å²) in [5.74, 6) is -8.47. The standard InChI is InChI=1S/C27H17F5N4O2.2C20H13F2N3O2.C7H6F3NO/c1-15-21(26(37)35-17-7-9-18(10-8-17)38-27(30,31)32)12-16(13-33-15)19-5-3-11-36-23(19)14-34-25(36)20-4-2-6-22(28)24(20)29;2*1-11-15(20(26)27)8-12(9-23-11)13-5-3-7-25-17(13)10-24-19(25)14-4-2-6-16(21)18(14)22;8-7(9,10)12-6-3-1-5(11)2-4-6/h2-14H,1H3,(H,35,37);2*2-10H,1H3,(H,26,27);1-4H,11H2. The quantitative estimate of drug-likeness (QED) is 0.0657. The number of benzene rings is 5. The van der Waals surface area contributed by atoms with Crippen molar-refractivity contribution in [3.63, 3.8) is 0 Å². The highest BCUT2D eigenvalue weighted by atomic mass is 19.4. The van der Waals surface area contributed by atoms with Crippen LogP contribution in [0.3, 0.4) is 0 Å². The van der Waals surface area contributed by atoms with Crippen molar-refractivity contribution in [1.29, 1.82) is 0 Å². The highest BCUT2D eigenvalue weighted by molar-refractivity contribution is 6.06. The second-order valence-electron chi connectivity index (χ2n) is 22.4. The van der Waals surface area contributed by atoms with Gasteiger partial charge in [0.2, 0.25) is 0 Å². The number of aromatic nitrogens is 9. The van der Waals surface area contributed by atoms with E-state index >= 15 is 0 Å². The fourth-order valence-electron chi connectivity index (χ4n) is 10.7. The zero-order valence-electron chi connectivity index (χ0n) is 53.8. The number of carboxylic acids is 2. The highest BCUT2D eigenvalue weighted by Gasteiger charge is 2.32. The molecule has 0 fully saturated rings. The summed E-state index contributed by atoms with van der Waals surface area (Å²) in [6, 6.07) is 36.6. The van der Waals surface area contributed by atoms with Gasteiger partial charge in [0.1, 0.15) is 29.0 Å². The number of carbonyl (C=O) groups excluding carboxylic acids is 1. The molecule has 14 rings (SSSR count). The molecule has 104 heavy (non-hydrogen) atoms. The zero-order chi connectivity index (χ0) is 74.5. The number of ether oxygens (including phenoxy) is 2. The molecule has 0 saturated carbocycles. The lowest BCUT2D eigenvalue weighted by molar-refractivity contribution is -0.275. The molecule has 14 aromatic rings. The molecule has 0 aliphatic heterocycles. The Labute approximate surface area is 579 Å². The first kappa shape index (κ1) is 71.9. The van der Waals surface area contributed by atoms with E-state index in [0.29, 0.717) is 72.7 Å². The Balaban J connectivity index is 0.000000147. The molecule has 0 bridgehead atoms. The van der Waals surface area contributed by atoms with Crippen molar-refractivity contribution in [3.05, 3.63) is 282 Å². The number of aryl methyl sites for hydroxylation is 3. The van der Waals surface area contributed by atoms with Crippen LogP contribution in [0, 0.1) is 55.7 Å². The van der Waals surface area contributed by atoms with Gasteiger partial charge in [-0.15, -0.1) is 26.3 Å². The van der Waals surface area contributed by atoms with Crippen LogP contribution in [-0.4, -0.2) is 83.9 Å². The minimum Gasteiger partial charge on any atom is -0.478 e. The smallest absolute Gasteiger partial charge is 0.478 e. The molecule has 1 amide bonds. The average Bonchev–Trinajstić information content (AvgIpc) is 1.61. The van der Waals surface area contributed by atoms with E-state index in [9.17, 15) is 77.3 Å². The van der Waals surface area contributed by atoms with Gasteiger partial charge in [0, 0.05) is 81.9 Å². The topological polar surface area (TPSA) is 239 Å². The maximum Gasteiger partial charge on any atom is 0.573 e. The summed E-state index contributed by atoms with van der Waals surface area (Å²) in [7, 11) is 0. The third-order valence-corrected chi connectivity index (χ3v) is 15.6. The summed E-state index contributed by atoms with van der Waals surface area (Å²) in [5.41, 5.74) is 13.2. The maximum absolute atomic E-state index is 14.4. The van der Waals surface area contributed by atoms with E-state index in [1.165, 1.54) is 91.4 Å². The van der Waals surface area contributed by atoms with E-state index in [1.807, 2.05) is 0 Å². The number of hydrogen-bond donors (Lipinski definition) is 4. The number of anilines is 2. The van der Waals surface area contributed by atoms with E-state index in [4.69, 9.17) is 5.73 Å². The number of alkyl halides is 6. The number of nitrogens with two attached hydrogens (primary N) is 1. The van der Waals surface area contributed by atoms with Crippen LogP contribution in [0.15, 0.2) is 213 Å². The lowest BCUT2D eigenvalue weighted by atomic mass is 10.0. The van der Waals surface area contributed by atoms with E-state index in [1.54, 1.807) is 114 Å². The van der Waals surface area contributed by atoms with E-state index in [-0.39, 0.29) is 62.3 Å². The van der Waals surface area contributed by atoms with Crippen molar-refractivity contribution < 1.29 is 86.8 Å². The fourth-order valence-corrected chi connectivity index (χ4v) is 10.7. The molecule has 30 heteroatoms. The minimum atomic E-state index is -4.82. The van der Waals surface area contributed by atoms with Crippen molar-refractivity contribution >= 4 is 45.8 Å². The van der Waals surface area contributed by atoms with Crippen molar-refractivity contribution in [2.45, 2.75) is 33.5 Å². The number of halogens is 12. The predicted molar refractivity (Wildman–Crippen MR) is 358 cm³/mol. The van der Waals surface area contributed by atoms with Crippen molar-refractivity contribution in [2.75, 3.05) is 11.1 Å². The number of fused-ring (bicyclic) bond motifs is 3. The van der Waals surface area contributed by atoms with Gasteiger partial charge in [-0.1, -0.05) is 36.4 Å². The Morgan fingerprint density at radius 1 is 0.404 bits per heavy atom. The Hall–Kier alpha value is -13.4. The van der Waals surface area contributed by atoms with Crippen molar-refractivity contribution in [3.8, 4) is 79.0 Å². The molecule has 0 aliphatic carbocycles. The van der Waals surface area contributed by atoms with Gasteiger partial charge >= 0.3 is 24.7 Å². The van der Waals surface area contributed by atoms with Crippen LogP contribution < -0.4 is 20.5 Å². The highest BCUT2D eigenvalue weighted by Crippen LogP contribution is 2.36. The SMILES string of the molecule is Cc1ncc(-c2cccn3c(-c4cccc(F)c4F)ncc23)cc1C(=O)Nc1ccc(OC(F)(F)F)cc1.Cc1ncc(-c2cccn3c(-c4cccc(F)c4F)ncc23)cc1C(=O)O.Cc1ncc(-c2cccn3c(-c4cccc(F)c4F)ncc23)cc1C(=O)O.Nc1ccc(OC(F)(F)F)cc1. The van der Waals surface area contributed by atoms with Crippen molar-refractivity contribution in [2.24, 2.45) is 0 Å². The Morgan fingerprint density at radius 2 is 0.712 bits per heavy atom. The molecule has 0 aliphatic rings. The predicted octanol–water partition coefficient (Wildman–Crippen LogP) is 17.7. The number of amides is 1. The number of carbonyl (C=O) groups is 3. The van der Waals surface area contributed by atoms with Crippen LogP contribution in [0.4, 0.5) is 64.1 Å². The third-order valence-electron chi connectivity index (χ3n) is 15.6. The van der Waals surface area contributed by atoms with Gasteiger partial charge in [-0.3, -0.25) is 32.9 Å². The molecule has 0 atom stereocenters. The Kier molecular flexibility index (Phi) is 20.6. The Bertz CT molecular complexity index is 5400. The van der Waals surface area contributed by atoms with Gasteiger partial charge in [0.05, 0.1) is 85.6 Å². The van der Waals surface area contributed by atoms with Gasteiger partial charge in [-0.2, -0.15) is 0 Å². The van der Waals surface area contributed by atoms with Gasteiger partial charge < -0.3 is 30.7 Å². The minimum absolute atomic E-state index is 0.00380. The summed E-state index contributed by atoms with van der Waals surface area (Å²) < 4.78 is 168. The number of rotatable bonds is 12. The number of aromatic carboxylic acids is 2. The summed E-state index contributed by atoms with van der Waals surface area (Å²) in [4.78, 5) is 61.2. The van der Waals surface area contributed by atoms with Gasteiger partial charge in [-0.25, -0.2) is 50.9 Å². The maximum atomic E-state index is 14.4. The number of pyridine rings is 6. The normalized spacial score (nSPS) is 11.3. The first-order chi connectivity index (χ1) is 49.5. The van der Waals surface area contributed by atoms with Crippen LogP contribution >= 0.6 is 0 Å². The zero-order valence-corrected chi connectivity index (χ0v) is 53.8. The largest absolute Gasteiger partial charge is 0.573 e. The first-order valence-corrected chi connectivity index (χ1v) is 30.4. The van der Waals surface area contributed by atoms with Gasteiger partial charge in [0.15, 0.2) is 34.9 Å². The molecule has 9 heterocycles. The molecule has 5 N–H and O–H groups in total. The van der Waals surface area contributed by atoms with E-state index in [2.05, 4.69) is 44.7 Å². The number of carboxylic acid groups (broad SMARTS) is 2. The number of nitrogens with one attached hydrogen (secondary N) is 1. The lowest BCUT2D eigenvalue weighted by Crippen LogP contribution is -2.17. The lowest BCUT2D eigenvalue weighted by Gasteiger charge is -2.12. The second-order valence-corrected chi connectivity index (χ2v) is 22.4. The van der Waals surface area contributed by atoms with Crippen LogP contribution in [0.2, 0.25) is 0 Å². The molecule has 5 aromatic carbocycles. The molecular formula is C74H49F12N11O7. The monoisotopic (exact) mass is 1430 g/mol. The summed E-state index contributed by atoms with van der Waals surface area (Å²) in [6.45, 7) is 4.89. The molecule has 9 aromatic heterocycles. The number of nitrogen functional groups attached to an aromatic ring is 1. The average molecular weight is 1430 g/mol. The number of nitrogens with zero attached hydrogens (tertiary/aromatic N) is 9. The summed E-state index contributed by atoms with van der Waals surface area (Å²) >= 11 is 0. The molecular weight excluding hydrogens is 1380 g/mol. The fraction of sp³-hybridized carbons (Fsp3) is 0.0676. The Morgan fingerprint density at radius 3 is 1.04 bits per heavy atom.